The monoisotopic (exact) mass is 332 g/mol. The fourth-order valence-electron chi connectivity index (χ4n) is 2.15. The summed E-state index contributed by atoms with van der Waals surface area (Å²) in [6.45, 7) is 7.93. The number of carbonyl (C=O) groups excluding carboxylic acids is 1. The second-order valence-corrected chi connectivity index (χ2v) is 6.04. The molecule has 0 saturated carbocycles. The molecular formula is C17H21ClN4O. The van der Waals surface area contributed by atoms with Crippen molar-refractivity contribution in [1.29, 1.82) is 0 Å². The summed E-state index contributed by atoms with van der Waals surface area (Å²) < 4.78 is 0. The van der Waals surface area contributed by atoms with Crippen LogP contribution in [0.1, 0.15) is 41.9 Å². The number of aryl methyl sites for hydroxylation is 2. The van der Waals surface area contributed by atoms with Crippen LogP contribution in [0.4, 0.5) is 11.5 Å². The average Bonchev–Trinajstić information content (AvgIpc) is 2.51. The second-order valence-electron chi connectivity index (χ2n) is 5.63. The van der Waals surface area contributed by atoms with E-state index < -0.39 is 0 Å². The Hall–Kier alpha value is -2.14. The maximum Gasteiger partial charge on any atom is 0.270 e. The van der Waals surface area contributed by atoms with Crippen LogP contribution in [0.5, 0.6) is 0 Å². The van der Waals surface area contributed by atoms with Crippen molar-refractivity contribution in [1.82, 2.24) is 15.3 Å². The van der Waals surface area contributed by atoms with Crippen molar-refractivity contribution in [3.05, 3.63) is 46.4 Å². The first-order valence-electron chi connectivity index (χ1n) is 7.57. The van der Waals surface area contributed by atoms with Crippen molar-refractivity contribution in [2.45, 2.75) is 40.2 Å². The molecule has 2 aromatic rings. The molecule has 23 heavy (non-hydrogen) atoms. The second kappa shape index (κ2) is 7.42. The Labute approximate surface area is 141 Å². The van der Waals surface area contributed by atoms with Gasteiger partial charge in [-0.1, -0.05) is 24.6 Å². The first-order chi connectivity index (χ1) is 10.9. The molecule has 1 atom stereocenters. The van der Waals surface area contributed by atoms with E-state index in [1.165, 1.54) is 6.33 Å². The van der Waals surface area contributed by atoms with E-state index >= 15 is 0 Å². The van der Waals surface area contributed by atoms with Gasteiger partial charge in [-0.25, -0.2) is 9.97 Å². The fraction of sp³-hybridized carbons (Fsp3) is 0.353. The molecule has 1 heterocycles. The molecule has 1 aromatic heterocycles. The van der Waals surface area contributed by atoms with Crippen LogP contribution >= 0.6 is 11.6 Å². The molecule has 0 bridgehead atoms. The highest BCUT2D eigenvalue weighted by atomic mass is 35.5. The van der Waals surface area contributed by atoms with Gasteiger partial charge in [0.05, 0.1) is 10.7 Å². The van der Waals surface area contributed by atoms with Crippen molar-refractivity contribution in [3.63, 3.8) is 0 Å². The number of benzene rings is 1. The lowest BCUT2D eigenvalue weighted by atomic mass is 10.1. The molecule has 0 aliphatic carbocycles. The van der Waals surface area contributed by atoms with E-state index in [1.54, 1.807) is 6.07 Å². The standard InChI is InChI=1S/C17H21ClN4O/c1-5-12(4)21-17(23)14-8-15(20-9-19-14)22-16-11(3)6-10(2)7-13(16)18/h6-9,12H,5H2,1-4H3,(H,21,23)(H,19,20,22). The molecule has 0 aliphatic rings. The van der Waals surface area contributed by atoms with Gasteiger partial charge in [-0.05, 0) is 44.4 Å². The largest absolute Gasteiger partial charge is 0.348 e. The third-order valence-corrected chi connectivity index (χ3v) is 3.87. The summed E-state index contributed by atoms with van der Waals surface area (Å²) in [5.41, 5.74) is 3.21. The molecule has 0 spiro atoms. The Morgan fingerprint density at radius 3 is 2.65 bits per heavy atom. The Morgan fingerprint density at radius 2 is 2.00 bits per heavy atom. The maximum atomic E-state index is 12.1. The summed E-state index contributed by atoms with van der Waals surface area (Å²) >= 11 is 6.29. The van der Waals surface area contributed by atoms with Gasteiger partial charge in [0.2, 0.25) is 0 Å². The number of halogens is 1. The molecule has 5 nitrogen and oxygen atoms in total. The summed E-state index contributed by atoms with van der Waals surface area (Å²) in [4.78, 5) is 20.3. The first kappa shape index (κ1) is 17.2. The van der Waals surface area contributed by atoms with Gasteiger partial charge in [0.25, 0.3) is 5.91 Å². The number of aromatic nitrogens is 2. The molecule has 1 unspecified atom stereocenters. The molecular weight excluding hydrogens is 312 g/mol. The van der Waals surface area contributed by atoms with Crippen LogP contribution in [0.15, 0.2) is 24.5 Å². The summed E-state index contributed by atoms with van der Waals surface area (Å²) in [5.74, 6) is 0.319. The highest BCUT2D eigenvalue weighted by Crippen LogP contribution is 2.29. The van der Waals surface area contributed by atoms with E-state index in [0.29, 0.717) is 16.5 Å². The number of carbonyl (C=O) groups is 1. The molecule has 0 aliphatic heterocycles. The SMILES string of the molecule is CCC(C)NC(=O)c1cc(Nc2c(C)cc(C)cc2Cl)ncn1. The smallest absolute Gasteiger partial charge is 0.270 e. The highest BCUT2D eigenvalue weighted by molar-refractivity contribution is 6.33. The lowest BCUT2D eigenvalue weighted by molar-refractivity contribution is 0.0934. The van der Waals surface area contributed by atoms with E-state index in [0.717, 1.165) is 23.2 Å². The van der Waals surface area contributed by atoms with Crippen LogP contribution in [-0.4, -0.2) is 21.9 Å². The van der Waals surface area contributed by atoms with Crippen LogP contribution in [0.25, 0.3) is 0 Å². The van der Waals surface area contributed by atoms with Gasteiger partial charge in [0, 0.05) is 12.1 Å². The van der Waals surface area contributed by atoms with E-state index in [9.17, 15) is 4.79 Å². The van der Waals surface area contributed by atoms with Gasteiger partial charge < -0.3 is 10.6 Å². The zero-order valence-electron chi connectivity index (χ0n) is 13.8. The fourth-order valence-corrected chi connectivity index (χ4v) is 2.52. The predicted octanol–water partition coefficient (Wildman–Crippen LogP) is 4.02. The predicted molar refractivity (Wildman–Crippen MR) is 93.5 cm³/mol. The number of anilines is 2. The van der Waals surface area contributed by atoms with Crippen LogP contribution in [0.3, 0.4) is 0 Å². The van der Waals surface area contributed by atoms with Gasteiger partial charge in [-0.3, -0.25) is 4.79 Å². The zero-order valence-corrected chi connectivity index (χ0v) is 14.5. The minimum absolute atomic E-state index is 0.0997. The normalized spacial score (nSPS) is 11.9. The minimum atomic E-state index is -0.212. The number of amides is 1. The molecule has 2 rings (SSSR count). The Bertz CT molecular complexity index is 694. The molecule has 1 amide bonds. The summed E-state index contributed by atoms with van der Waals surface area (Å²) in [7, 11) is 0. The van der Waals surface area contributed by atoms with Gasteiger partial charge in [-0.2, -0.15) is 0 Å². The molecule has 2 N–H and O–H groups in total. The summed E-state index contributed by atoms with van der Waals surface area (Å²) in [6, 6.07) is 5.64. The maximum absolute atomic E-state index is 12.1. The Morgan fingerprint density at radius 1 is 1.26 bits per heavy atom. The van der Waals surface area contributed by atoms with Gasteiger partial charge in [0.1, 0.15) is 17.8 Å². The zero-order chi connectivity index (χ0) is 17.0. The third kappa shape index (κ3) is 4.42. The van der Waals surface area contributed by atoms with E-state index in [-0.39, 0.29) is 11.9 Å². The topological polar surface area (TPSA) is 66.9 Å². The van der Waals surface area contributed by atoms with Crippen molar-refractivity contribution in [2.75, 3.05) is 5.32 Å². The van der Waals surface area contributed by atoms with Crippen LogP contribution in [-0.2, 0) is 0 Å². The van der Waals surface area contributed by atoms with Crippen molar-refractivity contribution in [2.24, 2.45) is 0 Å². The summed E-state index contributed by atoms with van der Waals surface area (Å²) in [6.07, 6.45) is 2.23. The molecule has 0 radical (unpaired) electrons. The van der Waals surface area contributed by atoms with Crippen molar-refractivity contribution in [3.8, 4) is 0 Å². The van der Waals surface area contributed by atoms with E-state index in [1.807, 2.05) is 39.8 Å². The van der Waals surface area contributed by atoms with Gasteiger partial charge in [0.15, 0.2) is 0 Å². The minimum Gasteiger partial charge on any atom is -0.348 e. The number of hydrogen-bond donors (Lipinski definition) is 2. The molecule has 0 fully saturated rings. The number of nitrogens with one attached hydrogen (secondary N) is 2. The molecule has 122 valence electrons. The molecule has 1 aromatic carbocycles. The number of nitrogens with zero attached hydrogens (tertiary/aromatic N) is 2. The quantitative estimate of drug-likeness (QED) is 0.867. The highest BCUT2D eigenvalue weighted by Gasteiger charge is 2.12. The van der Waals surface area contributed by atoms with Crippen molar-refractivity contribution >= 4 is 29.0 Å². The number of hydrogen-bond acceptors (Lipinski definition) is 4. The van der Waals surface area contributed by atoms with Crippen molar-refractivity contribution < 1.29 is 4.79 Å². The lowest BCUT2D eigenvalue weighted by Crippen LogP contribution is -2.32. The Kier molecular flexibility index (Phi) is 5.55. The van der Waals surface area contributed by atoms with Gasteiger partial charge >= 0.3 is 0 Å². The summed E-state index contributed by atoms with van der Waals surface area (Å²) in [5, 5.41) is 6.67. The first-order valence-corrected chi connectivity index (χ1v) is 7.95. The average molecular weight is 333 g/mol. The van der Waals surface area contributed by atoms with Crippen LogP contribution < -0.4 is 10.6 Å². The van der Waals surface area contributed by atoms with Crippen LogP contribution in [0, 0.1) is 13.8 Å². The Balaban J connectivity index is 2.22. The number of rotatable bonds is 5. The molecule has 6 heteroatoms. The van der Waals surface area contributed by atoms with E-state index in [4.69, 9.17) is 11.6 Å². The molecule has 0 saturated heterocycles. The lowest BCUT2D eigenvalue weighted by Gasteiger charge is -2.13. The van der Waals surface area contributed by atoms with E-state index in [2.05, 4.69) is 20.6 Å². The van der Waals surface area contributed by atoms with Crippen LogP contribution in [0.2, 0.25) is 5.02 Å². The third-order valence-electron chi connectivity index (χ3n) is 3.57. The van der Waals surface area contributed by atoms with Gasteiger partial charge in [-0.15, -0.1) is 0 Å².